The second-order valence-electron chi connectivity index (χ2n) is 6.59. The molecule has 2 rings (SSSR count). The molecular formula is C17H27N3O3S. The molecule has 6 nitrogen and oxygen atoms in total. The normalized spacial score (nSPS) is 16.8. The maximum Gasteiger partial charge on any atom is 0.240 e. The summed E-state index contributed by atoms with van der Waals surface area (Å²) in [5, 5.41) is 0. The lowest BCUT2D eigenvalue weighted by Crippen LogP contribution is -2.35. The number of carbonyl (C=O) groups is 1. The Kier molecular flexibility index (Phi) is 5.37. The molecule has 0 fully saturated rings. The fraction of sp³-hybridized carbons (Fsp3) is 0.588. The van der Waals surface area contributed by atoms with Gasteiger partial charge in [0, 0.05) is 25.8 Å². The number of likely N-dealkylation sites (N-methyl/N-ethyl adjacent to an activating group) is 2. The molecule has 0 aromatic heterocycles. The number of sulfonamides is 1. The third-order valence-electron chi connectivity index (χ3n) is 4.77. The Labute approximate surface area is 144 Å². The molecule has 1 heterocycles. The van der Waals surface area contributed by atoms with Crippen LogP contribution in [0.15, 0.2) is 23.1 Å². The standard InChI is InChI=1S/C17H27N3O3S/c1-6-20(7-2)11-10-18-24(22,23)13-8-9-15-14(12-13)17(3,4)16(21)19(15)5/h8-9,12,18H,6-7,10-11H2,1-5H3. The Morgan fingerprint density at radius 2 is 1.83 bits per heavy atom. The summed E-state index contributed by atoms with van der Waals surface area (Å²) in [5.41, 5.74) is 0.810. The third-order valence-corrected chi connectivity index (χ3v) is 6.23. The zero-order valence-corrected chi connectivity index (χ0v) is 15.9. The minimum Gasteiger partial charge on any atom is -0.314 e. The van der Waals surface area contributed by atoms with Gasteiger partial charge in [-0.1, -0.05) is 13.8 Å². The van der Waals surface area contributed by atoms with Crippen LogP contribution in [-0.2, 0) is 20.2 Å². The van der Waals surface area contributed by atoms with Crippen LogP contribution in [0.5, 0.6) is 0 Å². The average molecular weight is 353 g/mol. The average Bonchev–Trinajstić information content (AvgIpc) is 2.72. The maximum absolute atomic E-state index is 12.5. The van der Waals surface area contributed by atoms with Gasteiger partial charge in [0.1, 0.15) is 0 Å². The lowest BCUT2D eigenvalue weighted by molar-refractivity contribution is -0.121. The van der Waals surface area contributed by atoms with E-state index in [9.17, 15) is 13.2 Å². The number of hydrogen-bond donors (Lipinski definition) is 1. The summed E-state index contributed by atoms with van der Waals surface area (Å²) >= 11 is 0. The van der Waals surface area contributed by atoms with Gasteiger partial charge in [-0.2, -0.15) is 0 Å². The van der Waals surface area contributed by atoms with E-state index in [2.05, 4.69) is 9.62 Å². The van der Waals surface area contributed by atoms with Crippen LogP contribution in [0.2, 0.25) is 0 Å². The van der Waals surface area contributed by atoms with Crippen molar-refractivity contribution in [3.05, 3.63) is 23.8 Å². The van der Waals surface area contributed by atoms with Gasteiger partial charge in [-0.15, -0.1) is 0 Å². The SMILES string of the molecule is CCN(CC)CCNS(=O)(=O)c1ccc2c(c1)C(C)(C)C(=O)N2C. The Bertz CT molecular complexity index is 725. The molecule has 0 atom stereocenters. The summed E-state index contributed by atoms with van der Waals surface area (Å²) in [5.74, 6) is -0.0264. The number of anilines is 1. The van der Waals surface area contributed by atoms with E-state index in [1.807, 2.05) is 27.7 Å². The molecule has 1 aromatic carbocycles. The highest BCUT2D eigenvalue weighted by Crippen LogP contribution is 2.41. The lowest BCUT2D eigenvalue weighted by atomic mass is 9.86. The second-order valence-corrected chi connectivity index (χ2v) is 8.36. The van der Waals surface area contributed by atoms with E-state index >= 15 is 0 Å². The predicted octanol–water partition coefficient (Wildman–Crippen LogP) is 1.56. The first-order valence-corrected chi connectivity index (χ1v) is 9.78. The molecule has 7 heteroatoms. The molecule has 134 valence electrons. The van der Waals surface area contributed by atoms with Gasteiger partial charge in [0.05, 0.1) is 10.3 Å². The monoisotopic (exact) mass is 353 g/mol. The van der Waals surface area contributed by atoms with E-state index in [0.717, 1.165) is 24.3 Å². The Hall–Kier alpha value is -1.44. The smallest absolute Gasteiger partial charge is 0.240 e. The molecule has 0 saturated heterocycles. The molecule has 1 N–H and O–H groups in total. The van der Waals surface area contributed by atoms with E-state index in [0.29, 0.717) is 13.1 Å². The topological polar surface area (TPSA) is 69.7 Å². The van der Waals surface area contributed by atoms with Crippen molar-refractivity contribution in [3.8, 4) is 0 Å². The summed E-state index contributed by atoms with van der Waals surface area (Å²) in [6.45, 7) is 10.6. The molecule has 1 aromatic rings. The van der Waals surface area contributed by atoms with E-state index in [4.69, 9.17) is 0 Å². The number of nitrogens with zero attached hydrogens (tertiary/aromatic N) is 2. The molecule has 1 amide bonds. The van der Waals surface area contributed by atoms with E-state index in [1.165, 1.54) is 0 Å². The van der Waals surface area contributed by atoms with Crippen LogP contribution in [0.4, 0.5) is 5.69 Å². The largest absolute Gasteiger partial charge is 0.314 e. The third kappa shape index (κ3) is 3.34. The molecule has 0 bridgehead atoms. The minimum atomic E-state index is -3.59. The Morgan fingerprint density at radius 3 is 2.42 bits per heavy atom. The van der Waals surface area contributed by atoms with Crippen molar-refractivity contribution < 1.29 is 13.2 Å². The van der Waals surface area contributed by atoms with Gasteiger partial charge in [-0.05, 0) is 50.7 Å². The summed E-state index contributed by atoms with van der Waals surface area (Å²) < 4.78 is 27.7. The predicted molar refractivity (Wildman–Crippen MR) is 95.9 cm³/mol. The number of carbonyl (C=O) groups excluding carboxylic acids is 1. The highest BCUT2D eigenvalue weighted by atomic mass is 32.2. The van der Waals surface area contributed by atoms with Crippen LogP contribution in [0.3, 0.4) is 0 Å². The molecule has 0 aliphatic carbocycles. The maximum atomic E-state index is 12.5. The van der Waals surface area contributed by atoms with Crippen LogP contribution >= 0.6 is 0 Å². The second kappa shape index (κ2) is 6.82. The van der Waals surface area contributed by atoms with Gasteiger partial charge in [0.25, 0.3) is 0 Å². The Balaban J connectivity index is 2.22. The van der Waals surface area contributed by atoms with Gasteiger partial charge in [0.15, 0.2) is 0 Å². The quantitative estimate of drug-likeness (QED) is 0.808. The number of benzene rings is 1. The van der Waals surface area contributed by atoms with Crippen molar-refractivity contribution in [2.45, 2.75) is 38.0 Å². The molecular weight excluding hydrogens is 326 g/mol. The number of nitrogens with one attached hydrogen (secondary N) is 1. The van der Waals surface area contributed by atoms with E-state index < -0.39 is 15.4 Å². The molecule has 0 radical (unpaired) electrons. The zero-order chi connectivity index (χ0) is 18.1. The van der Waals surface area contributed by atoms with Crippen LogP contribution in [0.25, 0.3) is 0 Å². The number of hydrogen-bond acceptors (Lipinski definition) is 4. The first-order chi connectivity index (χ1) is 11.1. The van der Waals surface area contributed by atoms with Crippen LogP contribution in [0, 0.1) is 0 Å². The van der Waals surface area contributed by atoms with Gasteiger partial charge >= 0.3 is 0 Å². The fourth-order valence-corrected chi connectivity index (χ4v) is 4.13. The highest BCUT2D eigenvalue weighted by Gasteiger charge is 2.42. The molecule has 1 aliphatic heterocycles. The van der Waals surface area contributed by atoms with Gasteiger partial charge in [-0.25, -0.2) is 13.1 Å². The van der Waals surface area contributed by atoms with Crippen molar-refractivity contribution in [2.75, 3.05) is 38.1 Å². The molecule has 1 aliphatic rings. The summed E-state index contributed by atoms with van der Waals surface area (Å²) in [7, 11) is -1.87. The first-order valence-electron chi connectivity index (χ1n) is 8.29. The van der Waals surface area contributed by atoms with Crippen molar-refractivity contribution in [2.24, 2.45) is 0 Å². The van der Waals surface area contributed by atoms with E-state index in [-0.39, 0.29) is 10.8 Å². The fourth-order valence-electron chi connectivity index (χ4n) is 3.08. The number of fused-ring (bicyclic) bond motifs is 1. The van der Waals surface area contributed by atoms with Crippen molar-refractivity contribution in [3.63, 3.8) is 0 Å². The molecule has 0 spiro atoms. The van der Waals surface area contributed by atoms with Crippen LogP contribution in [-0.4, -0.2) is 52.5 Å². The van der Waals surface area contributed by atoms with Crippen molar-refractivity contribution in [1.82, 2.24) is 9.62 Å². The van der Waals surface area contributed by atoms with Gasteiger partial charge < -0.3 is 9.80 Å². The minimum absolute atomic E-state index is 0.0264. The lowest BCUT2D eigenvalue weighted by Gasteiger charge is -2.18. The van der Waals surface area contributed by atoms with E-state index in [1.54, 1.807) is 30.1 Å². The Morgan fingerprint density at radius 1 is 1.21 bits per heavy atom. The molecule has 0 unspecified atom stereocenters. The van der Waals surface area contributed by atoms with Crippen LogP contribution in [0.1, 0.15) is 33.3 Å². The number of rotatable bonds is 7. The summed E-state index contributed by atoms with van der Waals surface area (Å²) in [4.78, 5) is 16.3. The van der Waals surface area contributed by atoms with Crippen molar-refractivity contribution in [1.29, 1.82) is 0 Å². The molecule has 0 saturated carbocycles. The van der Waals surface area contributed by atoms with Crippen LogP contribution < -0.4 is 9.62 Å². The molecule has 24 heavy (non-hydrogen) atoms. The van der Waals surface area contributed by atoms with Gasteiger partial charge in [0.2, 0.25) is 15.9 Å². The van der Waals surface area contributed by atoms with Gasteiger partial charge in [-0.3, -0.25) is 4.79 Å². The number of amides is 1. The first kappa shape index (κ1) is 18.9. The van der Waals surface area contributed by atoms with Crippen molar-refractivity contribution >= 4 is 21.6 Å². The summed E-state index contributed by atoms with van der Waals surface area (Å²) in [6, 6.07) is 4.89. The highest BCUT2D eigenvalue weighted by molar-refractivity contribution is 7.89. The summed E-state index contributed by atoms with van der Waals surface area (Å²) in [6.07, 6.45) is 0. The zero-order valence-electron chi connectivity index (χ0n) is 15.1.